The van der Waals surface area contributed by atoms with Crippen LogP contribution < -0.4 is 10.1 Å². The number of aryl methyl sites for hydroxylation is 1. The Morgan fingerprint density at radius 2 is 1.74 bits per heavy atom. The number of esters is 1. The molecule has 1 N–H and O–H groups in total. The van der Waals surface area contributed by atoms with E-state index in [2.05, 4.69) is 36.5 Å². The number of rotatable bonds is 10. The van der Waals surface area contributed by atoms with E-state index in [4.69, 9.17) is 9.47 Å². The van der Waals surface area contributed by atoms with Gasteiger partial charge in [-0.3, -0.25) is 4.79 Å². The first-order chi connectivity index (χ1) is 18.3. The quantitative estimate of drug-likeness (QED) is 0.220. The molecular weight excluding hydrogens is 474 g/mol. The second-order valence-electron chi connectivity index (χ2n) is 11.8. The van der Waals surface area contributed by atoms with Gasteiger partial charge in [0.25, 0.3) is 0 Å². The summed E-state index contributed by atoms with van der Waals surface area (Å²) in [6, 6.07) is 13.1. The summed E-state index contributed by atoms with van der Waals surface area (Å²) in [4.78, 5) is 23.1. The SMILES string of the molecule is CCOC(=O)/C=C/c1ccc(-c2ccc(C)c(C34CC5CC(CC(C5)C3)C4)c2)c(OCCCNC(C)=O)c1. The van der Waals surface area contributed by atoms with Crippen LogP contribution >= 0.6 is 0 Å². The number of nitrogens with one attached hydrogen (secondary N) is 1. The van der Waals surface area contributed by atoms with Gasteiger partial charge in [0.15, 0.2) is 0 Å². The maximum atomic E-state index is 11.8. The normalized spacial score (nSPS) is 25.5. The average Bonchev–Trinajstić information content (AvgIpc) is 2.87. The van der Waals surface area contributed by atoms with Crippen molar-refractivity contribution in [1.29, 1.82) is 0 Å². The molecule has 202 valence electrons. The minimum Gasteiger partial charge on any atom is -0.493 e. The minimum atomic E-state index is -0.354. The molecule has 0 saturated heterocycles. The van der Waals surface area contributed by atoms with Crippen LogP contribution in [0.4, 0.5) is 0 Å². The van der Waals surface area contributed by atoms with Crippen molar-refractivity contribution in [3.05, 3.63) is 59.2 Å². The summed E-state index contributed by atoms with van der Waals surface area (Å²) in [5.41, 5.74) is 6.39. The fraction of sp³-hybridized carbons (Fsp3) is 0.515. The van der Waals surface area contributed by atoms with Crippen LogP contribution in [-0.4, -0.2) is 31.6 Å². The lowest BCUT2D eigenvalue weighted by Crippen LogP contribution is -2.48. The molecule has 0 aliphatic heterocycles. The third-order valence-corrected chi connectivity index (χ3v) is 8.81. The van der Waals surface area contributed by atoms with Crippen LogP contribution in [0.2, 0.25) is 0 Å². The number of hydrogen-bond donors (Lipinski definition) is 1. The van der Waals surface area contributed by atoms with E-state index in [1.807, 2.05) is 12.1 Å². The Hall–Kier alpha value is -3.08. The van der Waals surface area contributed by atoms with E-state index in [0.717, 1.165) is 34.6 Å². The van der Waals surface area contributed by atoms with Crippen LogP contribution in [0, 0.1) is 24.7 Å². The molecule has 0 unspecified atom stereocenters. The highest BCUT2D eigenvalue weighted by molar-refractivity contribution is 5.87. The Morgan fingerprint density at radius 3 is 2.39 bits per heavy atom. The summed E-state index contributed by atoms with van der Waals surface area (Å²) in [6.45, 7) is 7.02. The van der Waals surface area contributed by atoms with E-state index in [0.29, 0.717) is 31.6 Å². The molecule has 4 saturated carbocycles. The van der Waals surface area contributed by atoms with Crippen LogP contribution in [0.15, 0.2) is 42.5 Å². The van der Waals surface area contributed by atoms with Crippen LogP contribution in [0.5, 0.6) is 5.75 Å². The zero-order valence-corrected chi connectivity index (χ0v) is 23.1. The summed E-state index contributed by atoms with van der Waals surface area (Å²) < 4.78 is 11.3. The van der Waals surface area contributed by atoms with Crippen molar-refractivity contribution in [3.63, 3.8) is 0 Å². The van der Waals surface area contributed by atoms with Gasteiger partial charge in [-0.05, 0) is 116 Å². The molecule has 6 rings (SSSR count). The second-order valence-corrected chi connectivity index (χ2v) is 11.8. The molecule has 38 heavy (non-hydrogen) atoms. The molecule has 5 nitrogen and oxygen atoms in total. The minimum absolute atomic E-state index is 0.0337. The van der Waals surface area contributed by atoms with Gasteiger partial charge in [0, 0.05) is 25.1 Å². The van der Waals surface area contributed by atoms with E-state index in [-0.39, 0.29) is 11.9 Å². The highest BCUT2D eigenvalue weighted by Crippen LogP contribution is 2.61. The Bertz CT molecular complexity index is 1180. The molecule has 0 spiro atoms. The first kappa shape index (κ1) is 26.5. The van der Waals surface area contributed by atoms with Gasteiger partial charge in [0.1, 0.15) is 5.75 Å². The number of carbonyl (C=O) groups is 2. The van der Waals surface area contributed by atoms with Gasteiger partial charge in [-0.1, -0.05) is 30.3 Å². The topological polar surface area (TPSA) is 64.6 Å². The number of carbonyl (C=O) groups excluding carboxylic acids is 2. The molecule has 4 fully saturated rings. The lowest BCUT2D eigenvalue weighted by atomic mass is 9.47. The van der Waals surface area contributed by atoms with Crippen molar-refractivity contribution in [1.82, 2.24) is 5.32 Å². The Balaban J connectivity index is 1.44. The van der Waals surface area contributed by atoms with Crippen molar-refractivity contribution < 1.29 is 19.1 Å². The zero-order chi connectivity index (χ0) is 26.7. The number of hydrogen-bond acceptors (Lipinski definition) is 4. The van der Waals surface area contributed by atoms with Gasteiger partial charge in [-0.25, -0.2) is 4.79 Å². The van der Waals surface area contributed by atoms with Crippen molar-refractivity contribution in [2.24, 2.45) is 17.8 Å². The van der Waals surface area contributed by atoms with Gasteiger partial charge in [-0.2, -0.15) is 0 Å². The Morgan fingerprint density at radius 1 is 1.03 bits per heavy atom. The largest absolute Gasteiger partial charge is 0.493 e. The molecule has 2 aromatic rings. The van der Waals surface area contributed by atoms with E-state index >= 15 is 0 Å². The number of benzene rings is 2. The van der Waals surface area contributed by atoms with E-state index in [1.165, 1.54) is 68.2 Å². The van der Waals surface area contributed by atoms with Crippen LogP contribution in [-0.2, 0) is 19.7 Å². The predicted molar refractivity (Wildman–Crippen MR) is 151 cm³/mol. The van der Waals surface area contributed by atoms with Gasteiger partial charge in [-0.15, -0.1) is 0 Å². The molecule has 4 bridgehead atoms. The number of amides is 1. The lowest BCUT2D eigenvalue weighted by molar-refractivity contribution is -0.137. The zero-order valence-electron chi connectivity index (χ0n) is 23.1. The van der Waals surface area contributed by atoms with E-state index < -0.39 is 0 Å². The summed E-state index contributed by atoms with van der Waals surface area (Å²) in [6.07, 6.45) is 12.3. The summed E-state index contributed by atoms with van der Waals surface area (Å²) in [7, 11) is 0. The van der Waals surface area contributed by atoms with Gasteiger partial charge in [0.2, 0.25) is 5.91 Å². The van der Waals surface area contributed by atoms with Crippen molar-refractivity contribution in [2.45, 2.75) is 71.1 Å². The maximum Gasteiger partial charge on any atom is 0.330 e. The van der Waals surface area contributed by atoms with Gasteiger partial charge < -0.3 is 14.8 Å². The second kappa shape index (κ2) is 11.3. The van der Waals surface area contributed by atoms with Crippen molar-refractivity contribution in [3.8, 4) is 16.9 Å². The first-order valence-corrected chi connectivity index (χ1v) is 14.3. The Labute approximate surface area is 227 Å². The lowest BCUT2D eigenvalue weighted by Gasteiger charge is -2.57. The van der Waals surface area contributed by atoms with E-state index in [9.17, 15) is 9.59 Å². The van der Waals surface area contributed by atoms with E-state index in [1.54, 1.807) is 13.0 Å². The molecule has 2 aromatic carbocycles. The van der Waals surface area contributed by atoms with Crippen molar-refractivity contribution >= 4 is 18.0 Å². The van der Waals surface area contributed by atoms with Gasteiger partial charge in [0.05, 0.1) is 13.2 Å². The standard InChI is InChI=1S/C33H41NO4/c1-4-37-32(36)11-8-24-7-10-29(31(17-24)38-13-5-12-34-23(3)35)28-9-6-22(2)30(18-28)33-19-25-14-26(20-33)16-27(15-25)21-33/h6-11,17-18,25-27H,4-5,12-16,19-21H2,1-3H3,(H,34,35)/b11-8+. The third kappa shape index (κ3) is 5.82. The fourth-order valence-corrected chi connectivity index (χ4v) is 7.68. The highest BCUT2D eigenvalue weighted by Gasteiger charge is 2.52. The molecule has 4 aliphatic carbocycles. The summed E-state index contributed by atoms with van der Waals surface area (Å²) in [5, 5.41) is 2.83. The fourth-order valence-electron chi connectivity index (χ4n) is 7.68. The third-order valence-electron chi connectivity index (χ3n) is 8.81. The molecular formula is C33H41NO4. The Kier molecular flexibility index (Phi) is 7.92. The number of ether oxygens (including phenoxy) is 2. The van der Waals surface area contributed by atoms with Gasteiger partial charge >= 0.3 is 5.97 Å². The van der Waals surface area contributed by atoms with Crippen LogP contribution in [0.3, 0.4) is 0 Å². The van der Waals surface area contributed by atoms with Crippen LogP contribution in [0.1, 0.15) is 75.5 Å². The molecule has 0 aromatic heterocycles. The molecule has 0 radical (unpaired) electrons. The predicted octanol–water partition coefficient (Wildman–Crippen LogP) is 6.61. The average molecular weight is 516 g/mol. The molecule has 4 aliphatic rings. The highest BCUT2D eigenvalue weighted by atomic mass is 16.5. The maximum absolute atomic E-state index is 11.8. The van der Waals surface area contributed by atoms with Crippen LogP contribution in [0.25, 0.3) is 17.2 Å². The molecule has 1 amide bonds. The van der Waals surface area contributed by atoms with Crippen molar-refractivity contribution in [2.75, 3.05) is 19.8 Å². The molecule has 5 heteroatoms. The monoisotopic (exact) mass is 515 g/mol. The molecule has 0 heterocycles. The smallest absolute Gasteiger partial charge is 0.330 e. The first-order valence-electron chi connectivity index (χ1n) is 14.3. The summed E-state index contributed by atoms with van der Waals surface area (Å²) in [5.74, 6) is 3.10. The molecule has 0 atom stereocenters. The summed E-state index contributed by atoms with van der Waals surface area (Å²) >= 11 is 0.